The largest absolute Gasteiger partial charge is 0.507 e. The molecular formula is C15H23NO2S. The van der Waals surface area contributed by atoms with Gasteiger partial charge in [-0.1, -0.05) is 24.5 Å². The summed E-state index contributed by atoms with van der Waals surface area (Å²) in [6.45, 7) is 2.58. The molecule has 0 bridgehead atoms. The van der Waals surface area contributed by atoms with Crippen LogP contribution in [-0.4, -0.2) is 29.6 Å². The second kappa shape index (κ2) is 8.86. The van der Waals surface area contributed by atoms with Crippen LogP contribution in [0.4, 0.5) is 0 Å². The molecule has 0 fully saturated rings. The first-order valence-corrected chi connectivity index (χ1v) is 8.11. The van der Waals surface area contributed by atoms with Gasteiger partial charge in [0.15, 0.2) is 0 Å². The molecule has 1 rings (SSSR count). The third-order valence-corrected chi connectivity index (χ3v) is 3.65. The summed E-state index contributed by atoms with van der Waals surface area (Å²) in [6.07, 6.45) is 6.71. The van der Waals surface area contributed by atoms with Gasteiger partial charge in [0.2, 0.25) is 0 Å². The van der Waals surface area contributed by atoms with Crippen molar-refractivity contribution in [2.45, 2.75) is 32.6 Å². The van der Waals surface area contributed by atoms with Crippen LogP contribution in [0.15, 0.2) is 18.2 Å². The number of thioether (sulfide) groups is 1. The molecule has 0 aromatic heterocycles. The molecule has 0 radical (unpaired) electrons. The van der Waals surface area contributed by atoms with E-state index in [-0.39, 0.29) is 11.7 Å². The Balaban J connectivity index is 2.26. The van der Waals surface area contributed by atoms with E-state index in [0.717, 1.165) is 18.4 Å². The molecule has 0 heterocycles. The van der Waals surface area contributed by atoms with Gasteiger partial charge in [-0.3, -0.25) is 4.79 Å². The van der Waals surface area contributed by atoms with Gasteiger partial charge in [0.1, 0.15) is 5.75 Å². The van der Waals surface area contributed by atoms with Crippen molar-refractivity contribution in [2.75, 3.05) is 18.6 Å². The van der Waals surface area contributed by atoms with Crippen LogP contribution in [0, 0.1) is 6.92 Å². The monoisotopic (exact) mass is 281 g/mol. The zero-order valence-corrected chi connectivity index (χ0v) is 12.6. The summed E-state index contributed by atoms with van der Waals surface area (Å²) in [5, 5.41) is 12.5. The standard InChI is InChI=1S/C15H23NO2S/c1-12-7-8-14(17)13(11-12)15(18)16-9-5-3-4-6-10-19-2/h7-8,11,17H,3-6,9-10H2,1-2H3,(H,16,18). The van der Waals surface area contributed by atoms with Crippen LogP contribution in [0.1, 0.15) is 41.6 Å². The Bertz CT molecular complexity index is 407. The third kappa shape index (κ3) is 6.01. The van der Waals surface area contributed by atoms with Gasteiger partial charge in [-0.25, -0.2) is 0 Å². The highest BCUT2D eigenvalue weighted by Crippen LogP contribution is 2.17. The topological polar surface area (TPSA) is 49.3 Å². The number of rotatable bonds is 8. The van der Waals surface area contributed by atoms with E-state index in [9.17, 15) is 9.90 Å². The average molecular weight is 281 g/mol. The van der Waals surface area contributed by atoms with Gasteiger partial charge in [-0.15, -0.1) is 0 Å². The fourth-order valence-corrected chi connectivity index (χ4v) is 2.35. The molecule has 4 heteroatoms. The van der Waals surface area contributed by atoms with E-state index in [1.54, 1.807) is 18.2 Å². The van der Waals surface area contributed by atoms with Gasteiger partial charge in [-0.2, -0.15) is 11.8 Å². The maximum Gasteiger partial charge on any atom is 0.255 e. The van der Waals surface area contributed by atoms with Crippen molar-refractivity contribution in [2.24, 2.45) is 0 Å². The lowest BCUT2D eigenvalue weighted by molar-refractivity contribution is 0.0950. The summed E-state index contributed by atoms with van der Waals surface area (Å²) in [7, 11) is 0. The first-order chi connectivity index (χ1) is 9.15. The van der Waals surface area contributed by atoms with Gasteiger partial charge < -0.3 is 10.4 Å². The molecular weight excluding hydrogens is 258 g/mol. The Labute approximate surface area is 119 Å². The van der Waals surface area contributed by atoms with E-state index in [4.69, 9.17) is 0 Å². The molecule has 106 valence electrons. The Kier molecular flexibility index (Phi) is 7.41. The van der Waals surface area contributed by atoms with Crippen LogP contribution in [0.25, 0.3) is 0 Å². The quantitative estimate of drug-likeness (QED) is 0.718. The number of nitrogens with one attached hydrogen (secondary N) is 1. The van der Waals surface area contributed by atoms with Crippen LogP contribution in [0.3, 0.4) is 0 Å². The zero-order chi connectivity index (χ0) is 14.1. The van der Waals surface area contributed by atoms with Crippen LogP contribution >= 0.6 is 11.8 Å². The van der Waals surface area contributed by atoms with Crippen LogP contribution < -0.4 is 5.32 Å². The van der Waals surface area contributed by atoms with Gasteiger partial charge in [0.05, 0.1) is 5.56 Å². The molecule has 0 unspecified atom stereocenters. The molecule has 2 N–H and O–H groups in total. The molecule has 0 aliphatic carbocycles. The molecule has 1 amide bonds. The lowest BCUT2D eigenvalue weighted by Crippen LogP contribution is -2.24. The molecule has 0 spiro atoms. The van der Waals surface area contributed by atoms with E-state index in [1.807, 2.05) is 18.7 Å². The van der Waals surface area contributed by atoms with Gasteiger partial charge in [0.25, 0.3) is 5.91 Å². The van der Waals surface area contributed by atoms with E-state index in [2.05, 4.69) is 11.6 Å². The predicted octanol–water partition coefficient (Wildman–Crippen LogP) is 3.35. The van der Waals surface area contributed by atoms with E-state index in [0.29, 0.717) is 12.1 Å². The number of aryl methyl sites for hydroxylation is 1. The summed E-state index contributed by atoms with van der Waals surface area (Å²) in [6, 6.07) is 5.06. The highest BCUT2D eigenvalue weighted by atomic mass is 32.2. The Morgan fingerprint density at radius 2 is 2.00 bits per heavy atom. The first kappa shape index (κ1) is 15.9. The number of aromatic hydroxyl groups is 1. The molecule has 19 heavy (non-hydrogen) atoms. The molecule has 0 aliphatic heterocycles. The van der Waals surface area contributed by atoms with Crippen molar-refractivity contribution in [3.63, 3.8) is 0 Å². The normalized spacial score (nSPS) is 10.4. The van der Waals surface area contributed by atoms with E-state index in [1.165, 1.54) is 18.6 Å². The third-order valence-electron chi connectivity index (χ3n) is 2.96. The van der Waals surface area contributed by atoms with Crippen LogP contribution in [0.2, 0.25) is 0 Å². The maximum atomic E-state index is 11.9. The number of benzene rings is 1. The molecule has 3 nitrogen and oxygen atoms in total. The lowest BCUT2D eigenvalue weighted by Gasteiger charge is -2.07. The van der Waals surface area contributed by atoms with Crippen molar-refractivity contribution in [3.8, 4) is 5.75 Å². The summed E-state index contributed by atoms with van der Waals surface area (Å²) in [5.74, 6) is 1.07. The number of carbonyl (C=O) groups is 1. The first-order valence-electron chi connectivity index (χ1n) is 6.72. The highest BCUT2D eigenvalue weighted by molar-refractivity contribution is 7.98. The summed E-state index contributed by atoms with van der Waals surface area (Å²) in [5.41, 5.74) is 1.34. The molecule has 1 aromatic carbocycles. The van der Waals surface area contributed by atoms with Gasteiger partial charge in [0, 0.05) is 6.54 Å². The number of hydrogen-bond acceptors (Lipinski definition) is 3. The molecule has 0 saturated carbocycles. The SMILES string of the molecule is CSCCCCCCNC(=O)c1cc(C)ccc1O. The number of hydrogen-bond donors (Lipinski definition) is 2. The summed E-state index contributed by atoms with van der Waals surface area (Å²) in [4.78, 5) is 11.9. The fourth-order valence-electron chi connectivity index (χ4n) is 1.85. The van der Waals surface area contributed by atoms with E-state index < -0.39 is 0 Å². The van der Waals surface area contributed by atoms with Crippen molar-refractivity contribution in [1.29, 1.82) is 0 Å². The predicted molar refractivity (Wildman–Crippen MR) is 82.0 cm³/mol. The van der Waals surface area contributed by atoms with Crippen molar-refractivity contribution >= 4 is 17.7 Å². The number of phenolic OH excluding ortho intramolecular Hbond substituents is 1. The van der Waals surface area contributed by atoms with Crippen molar-refractivity contribution in [3.05, 3.63) is 29.3 Å². The molecule has 0 aliphatic rings. The van der Waals surface area contributed by atoms with Crippen molar-refractivity contribution in [1.82, 2.24) is 5.32 Å². The minimum Gasteiger partial charge on any atom is -0.507 e. The Hall–Kier alpha value is -1.16. The molecule has 0 saturated heterocycles. The zero-order valence-electron chi connectivity index (χ0n) is 11.7. The number of carbonyl (C=O) groups excluding carboxylic acids is 1. The van der Waals surface area contributed by atoms with Crippen molar-refractivity contribution < 1.29 is 9.90 Å². The second-order valence-electron chi connectivity index (χ2n) is 4.68. The fraction of sp³-hybridized carbons (Fsp3) is 0.533. The molecule has 0 atom stereocenters. The van der Waals surface area contributed by atoms with Crippen LogP contribution in [0.5, 0.6) is 5.75 Å². The van der Waals surface area contributed by atoms with Gasteiger partial charge >= 0.3 is 0 Å². The number of unbranched alkanes of at least 4 members (excludes halogenated alkanes) is 3. The van der Waals surface area contributed by atoms with E-state index >= 15 is 0 Å². The maximum absolute atomic E-state index is 11.9. The smallest absolute Gasteiger partial charge is 0.255 e. The number of phenols is 1. The summed E-state index contributed by atoms with van der Waals surface area (Å²) >= 11 is 1.87. The van der Waals surface area contributed by atoms with Gasteiger partial charge in [-0.05, 0) is 43.9 Å². The lowest BCUT2D eigenvalue weighted by atomic mass is 10.1. The van der Waals surface area contributed by atoms with Crippen LogP contribution in [-0.2, 0) is 0 Å². The minimum atomic E-state index is -0.190. The second-order valence-corrected chi connectivity index (χ2v) is 5.67. The Morgan fingerprint density at radius 3 is 2.74 bits per heavy atom. The summed E-state index contributed by atoms with van der Waals surface area (Å²) < 4.78 is 0. The minimum absolute atomic E-state index is 0.0445. The molecule has 1 aromatic rings. The average Bonchev–Trinajstić information content (AvgIpc) is 2.40. The highest BCUT2D eigenvalue weighted by Gasteiger charge is 2.10. The Morgan fingerprint density at radius 1 is 1.26 bits per heavy atom. The number of amides is 1.